The maximum Gasteiger partial charge on any atom is 0.235 e. The van der Waals surface area contributed by atoms with E-state index in [-0.39, 0.29) is 19.6 Å². The number of carbonyl (C=O) groups excluding carboxylic acids is 2. The van der Waals surface area contributed by atoms with E-state index in [2.05, 4.69) is 15.6 Å². The van der Waals surface area contributed by atoms with Crippen LogP contribution in [0.4, 0.5) is 5.13 Å². The van der Waals surface area contributed by atoms with E-state index in [1.807, 2.05) is 35.7 Å². The van der Waals surface area contributed by atoms with E-state index in [4.69, 9.17) is 5.11 Å². The quantitative estimate of drug-likeness (QED) is 0.700. The Kier molecular flexibility index (Phi) is 5.42. The molecule has 1 aromatic heterocycles. The second-order valence-corrected chi connectivity index (χ2v) is 5.06. The number of aromatic nitrogens is 1. The number of amides is 2. The van der Waals surface area contributed by atoms with Gasteiger partial charge in [-0.05, 0) is 0 Å². The number of carbonyl (C=O) groups is 2. The molecule has 0 aliphatic heterocycles. The van der Waals surface area contributed by atoms with E-state index in [1.165, 1.54) is 11.3 Å². The molecule has 21 heavy (non-hydrogen) atoms. The van der Waals surface area contributed by atoms with Crippen LogP contribution in [0.25, 0.3) is 11.3 Å². The molecule has 0 unspecified atom stereocenters. The van der Waals surface area contributed by atoms with E-state index in [1.54, 1.807) is 0 Å². The largest absolute Gasteiger partial charge is 0.395 e. The number of hydrogen-bond acceptors (Lipinski definition) is 5. The van der Waals surface area contributed by atoms with Crippen molar-refractivity contribution in [2.45, 2.75) is 6.42 Å². The molecule has 1 heterocycles. The number of nitrogens with one attached hydrogen (secondary N) is 2. The number of aliphatic hydroxyl groups excluding tert-OH is 1. The molecule has 0 spiro atoms. The lowest BCUT2D eigenvalue weighted by Gasteiger charge is -2.03. The lowest BCUT2D eigenvalue weighted by atomic mass is 10.2. The third-order valence-electron chi connectivity index (χ3n) is 2.58. The molecule has 0 aliphatic carbocycles. The van der Waals surface area contributed by atoms with Gasteiger partial charge in [-0.1, -0.05) is 30.3 Å². The Morgan fingerprint density at radius 2 is 1.95 bits per heavy atom. The monoisotopic (exact) mass is 305 g/mol. The van der Waals surface area contributed by atoms with Gasteiger partial charge in [0.05, 0.1) is 12.3 Å². The van der Waals surface area contributed by atoms with Crippen molar-refractivity contribution in [2.75, 3.05) is 18.5 Å². The molecule has 0 atom stereocenters. The molecule has 0 aliphatic rings. The Labute approximate surface area is 125 Å². The summed E-state index contributed by atoms with van der Waals surface area (Å²) in [6.45, 7) is -0.0121. The predicted molar refractivity (Wildman–Crippen MR) is 80.9 cm³/mol. The molecule has 2 aromatic rings. The van der Waals surface area contributed by atoms with Crippen LogP contribution in [0.1, 0.15) is 6.42 Å². The maximum atomic E-state index is 11.7. The van der Waals surface area contributed by atoms with Gasteiger partial charge in [0.25, 0.3) is 0 Å². The predicted octanol–water partition coefficient (Wildman–Crippen LogP) is 1.25. The Hall–Kier alpha value is -2.25. The number of nitrogens with zero attached hydrogens (tertiary/aromatic N) is 1. The maximum absolute atomic E-state index is 11.7. The molecule has 3 N–H and O–H groups in total. The van der Waals surface area contributed by atoms with Gasteiger partial charge in [0.15, 0.2) is 5.13 Å². The first-order valence-electron chi connectivity index (χ1n) is 6.37. The fraction of sp³-hybridized carbons (Fsp3) is 0.214. The van der Waals surface area contributed by atoms with Crippen molar-refractivity contribution in [3.8, 4) is 11.3 Å². The minimum absolute atomic E-state index is 0.140. The summed E-state index contributed by atoms with van der Waals surface area (Å²) in [4.78, 5) is 27.3. The summed E-state index contributed by atoms with van der Waals surface area (Å²) < 4.78 is 0. The van der Waals surface area contributed by atoms with Gasteiger partial charge in [-0.2, -0.15) is 0 Å². The Morgan fingerprint density at radius 1 is 1.19 bits per heavy atom. The average molecular weight is 305 g/mol. The van der Waals surface area contributed by atoms with E-state index in [9.17, 15) is 9.59 Å². The van der Waals surface area contributed by atoms with Crippen LogP contribution in [0, 0.1) is 0 Å². The second-order valence-electron chi connectivity index (χ2n) is 4.20. The third-order valence-corrected chi connectivity index (χ3v) is 3.33. The van der Waals surface area contributed by atoms with Gasteiger partial charge in [0.2, 0.25) is 11.8 Å². The van der Waals surface area contributed by atoms with Crippen molar-refractivity contribution >= 4 is 28.3 Å². The third kappa shape index (κ3) is 4.66. The summed E-state index contributed by atoms with van der Waals surface area (Å²) in [5.74, 6) is -0.860. The molecule has 1 aromatic carbocycles. The second kappa shape index (κ2) is 7.51. The molecule has 0 bridgehead atoms. The van der Waals surface area contributed by atoms with E-state index in [0.29, 0.717) is 5.13 Å². The average Bonchev–Trinajstić information content (AvgIpc) is 2.94. The Bertz CT molecular complexity index is 613. The topological polar surface area (TPSA) is 91.3 Å². The minimum Gasteiger partial charge on any atom is -0.395 e. The van der Waals surface area contributed by atoms with Gasteiger partial charge < -0.3 is 15.7 Å². The Morgan fingerprint density at radius 3 is 2.67 bits per heavy atom. The smallest absolute Gasteiger partial charge is 0.235 e. The van der Waals surface area contributed by atoms with E-state index >= 15 is 0 Å². The molecule has 0 saturated heterocycles. The first kappa shape index (κ1) is 15.1. The number of rotatable bonds is 6. The zero-order chi connectivity index (χ0) is 15.1. The van der Waals surface area contributed by atoms with Gasteiger partial charge in [0.1, 0.15) is 6.42 Å². The highest BCUT2D eigenvalue weighted by molar-refractivity contribution is 7.14. The molecular weight excluding hydrogens is 290 g/mol. The Balaban J connectivity index is 1.91. The summed E-state index contributed by atoms with van der Waals surface area (Å²) >= 11 is 1.30. The number of thiazole rings is 1. The number of benzene rings is 1. The lowest BCUT2D eigenvalue weighted by molar-refractivity contribution is -0.126. The zero-order valence-corrected chi connectivity index (χ0v) is 12.0. The SMILES string of the molecule is O=C(CC(=O)Nc1nc(-c2ccccc2)cs1)NCCO. The summed E-state index contributed by atoms with van der Waals surface area (Å²) in [5, 5.41) is 15.9. The van der Waals surface area contributed by atoms with Gasteiger partial charge >= 0.3 is 0 Å². The molecule has 2 amide bonds. The van der Waals surface area contributed by atoms with Gasteiger partial charge in [-0.15, -0.1) is 11.3 Å². The van der Waals surface area contributed by atoms with Crippen LogP contribution in [0.2, 0.25) is 0 Å². The van der Waals surface area contributed by atoms with E-state index < -0.39 is 11.8 Å². The fourth-order valence-electron chi connectivity index (χ4n) is 1.64. The standard InChI is InChI=1S/C14H15N3O3S/c18-7-6-15-12(19)8-13(20)17-14-16-11(9-21-14)10-4-2-1-3-5-10/h1-5,9,18H,6-8H2,(H,15,19)(H,16,17,20). The van der Waals surface area contributed by atoms with Crippen LogP contribution in [0.5, 0.6) is 0 Å². The van der Waals surface area contributed by atoms with E-state index in [0.717, 1.165) is 11.3 Å². The van der Waals surface area contributed by atoms with Gasteiger partial charge in [-0.3, -0.25) is 9.59 Å². The van der Waals surface area contributed by atoms with Crippen LogP contribution >= 0.6 is 11.3 Å². The van der Waals surface area contributed by atoms with Crippen LogP contribution < -0.4 is 10.6 Å². The molecular formula is C14H15N3O3S. The van der Waals surface area contributed by atoms with Crippen molar-refractivity contribution in [1.82, 2.24) is 10.3 Å². The van der Waals surface area contributed by atoms with Crippen LogP contribution in [-0.4, -0.2) is 35.1 Å². The fourth-order valence-corrected chi connectivity index (χ4v) is 2.38. The number of hydrogen-bond donors (Lipinski definition) is 3. The first-order chi connectivity index (χ1) is 10.2. The summed E-state index contributed by atoms with van der Waals surface area (Å²) in [6.07, 6.45) is -0.291. The molecule has 0 saturated carbocycles. The van der Waals surface area contributed by atoms with Gasteiger partial charge in [0, 0.05) is 17.5 Å². The van der Waals surface area contributed by atoms with Crippen LogP contribution in [0.3, 0.4) is 0 Å². The summed E-state index contributed by atoms with van der Waals surface area (Å²) in [7, 11) is 0. The normalized spacial score (nSPS) is 10.1. The zero-order valence-electron chi connectivity index (χ0n) is 11.2. The van der Waals surface area contributed by atoms with Crippen LogP contribution in [-0.2, 0) is 9.59 Å². The van der Waals surface area contributed by atoms with Crippen molar-refractivity contribution in [3.05, 3.63) is 35.7 Å². The highest BCUT2D eigenvalue weighted by Gasteiger charge is 2.11. The highest BCUT2D eigenvalue weighted by Crippen LogP contribution is 2.24. The minimum atomic E-state index is -0.431. The number of aliphatic hydroxyl groups is 1. The van der Waals surface area contributed by atoms with Gasteiger partial charge in [-0.25, -0.2) is 4.98 Å². The van der Waals surface area contributed by atoms with Crippen molar-refractivity contribution in [2.24, 2.45) is 0 Å². The van der Waals surface area contributed by atoms with Crippen molar-refractivity contribution in [3.63, 3.8) is 0 Å². The molecule has 2 rings (SSSR count). The molecule has 7 heteroatoms. The molecule has 0 radical (unpaired) electrons. The molecule has 0 fully saturated rings. The summed E-state index contributed by atoms with van der Waals surface area (Å²) in [6, 6.07) is 9.62. The first-order valence-corrected chi connectivity index (χ1v) is 7.25. The lowest BCUT2D eigenvalue weighted by Crippen LogP contribution is -2.30. The van der Waals surface area contributed by atoms with Crippen LogP contribution in [0.15, 0.2) is 35.7 Å². The molecule has 110 valence electrons. The number of anilines is 1. The van der Waals surface area contributed by atoms with Crippen molar-refractivity contribution in [1.29, 1.82) is 0 Å². The highest BCUT2D eigenvalue weighted by atomic mass is 32.1. The summed E-state index contributed by atoms with van der Waals surface area (Å²) in [5.41, 5.74) is 1.75. The molecule has 6 nitrogen and oxygen atoms in total. The van der Waals surface area contributed by atoms with Crippen molar-refractivity contribution < 1.29 is 14.7 Å².